The molecule has 0 unspecified atom stereocenters. The Kier molecular flexibility index (Phi) is 4.64. The Morgan fingerprint density at radius 2 is 2.19 bits per heavy atom. The molecule has 1 aromatic heterocycles. The molecule has 0 amide bonds. The molecule has 3 N–H and O–H groups in total. The fourth-order valence-electron chi connectivity index (χ4n) is 2.38. The highest BCUT2D eigenvalue weighted by Crippen LogP contribution is 2.43. The lowest BCUT2D eigenvalue weighted by molar-refractivity contribution is -0.117. The van der Waals surface area contributed by atoms with Crippen LogP contribution in [0.4, 0.5) is 0 Å². The topological polar surface area (TPSA) is 109 Å². The van der Waals surface area contributed by atoms with Crippen molar-refractivity contribution in [2.45, 2.75) is 31.8 Å². The average molecular weight is 297 g/mol. The average Bonchev–Trinajstić information content (AvgIpc) is 2.41. The Labute approximate surface area is 121 Å². The zero-order valence-electron chi connectivity index (χ0n) is 11.8. The minimum atomic E-state index is -0.786. The van der Waals surface area contributed by atoms with Gasteiger partial charge >= 0.3 is 5.97 Å². The monoisotopic (exact) mass is 297 g/mol. The number of aromatic hydroxyl groups is 1. The standard InChI is InChI=1S/C14H19NO6/c1-2-20-13(19)11-12(18)9(17)8-10(15-11)14(4-3-5-14)21-7-6-16/h8,16,18H,2-7H2,1H3,(H,15,17). The predicted octanol–water partition coefficient (Wildman–Crippen LogP) is 0.645. The number of ether oxygens (including phenoxy) is 2. The van der Waals surface area contributed by atoms with Crippen molar-refractivity contribution in [2.24, 2.45) is 0 Å². The van der Waals surface area contributed by atoms with E-state index >= 15 is 0 Å². The molecule has 0 aliphatic heterocycles. The van der Waals surface area contributed by atoms with E-state index in [4.69, 9.17) is 14.6 Å². The van der Waals surface area contributed by atoms with Gasteiger partial charge in [0.25, 0.3) is 0 Å². The van der Waals surface area contributed by atoms with Crippen molar-refractivity contribution in [3.63, 3.8) is 0 Å². The molecule has 7 heteroatoms. The highest BCUT2D eigenvalue weighted by molar-refractivity contribution is 5.90. The van der Waals surface area contributed by atoms with E-state index in [1.54, 1.807) is 6.92 Å². The van der Waals surface area contributed by atoms with Crippen LogP contribution in [0.1, 0.15) is 42.4 Å². The summed E-state index contributed by atoms with van der Waals surface area (Å²) in [5, 5.41) is 18.6. The van der Waals surface area contributed by atoms with Gasteiger partial charge in [0.2, 0.25) is 5.43 Å². The number of carbonyl (C=O) groups is 1. The SMILES string of the molecule is CCOC(=O)c1[nH]c(C2(OCCO)CCC2)cc(=O)c1O. The Hall–Kier alpha value is -1.86. The van der Waals surface area contributed by atoms with Crippen LogP contribution in [-0.4, -0.2) is 41.0 Å². The zero-order chi connectivity index (χ0) is 15.5. The molecule has 116 valence electrons. The van der Waals surface area contributed by atoms with Crippen LogP contribution in [0.5, 0.6) is 5.75 Å². The first-order valence-electron chi connectivity index (χ1n) is 6.93. The normalized spacial score (nSPS) is 16.3. The minimum Gasteiger partial charge on any atom is -0.502 e. The van der Waals surface area contributed by atoms with Crippen LogP contribution in [0.15, 0.2) is 10.9 Å². The van der Waals surface area contributed by atoms with Crippen molar-refractivity contribution in [1.82, 2.24) is 4.98 Å². The van der Waals surface area contributed by atoms with Crippen molar-refractivity contribution in [3.05, 3.63) is 27.7 Å². The second-order valence-corrected chi connectivity index (χ2v) is 4.91. The molecule has 1 aliphatic rings. The highest BCUT2D eigenvalue weighted by Gasteiger charge is 2.41. The zero-order valence-corrected chi connectivity index (χ0v) is 11.8. The first-order chi connectivity index (χ1) is 10.0. The first-order valence-corrected chi connectivity index (χ1v) is 6.93. The maximum Gasteiger partial charge on any atom is 0.358 e. The number of hydrogen-bond acceptors (Lipinski definition) is 6. The molecule has 1 aromatic rings. The molecule has 2 rings (SSSR count). The molecule has 21 heavy (non-hydrogen) atoms. The van der Waals surface area contributed by atoms with Crippen LogP contribution >= 0.6 is 0 Å². The smallest absolute Gasteiger partial charge is 0.358 e. The van der Waals surface area contributed by atoms with Crippen molar-refractivity contribution in [1.29, 1.82) is 0 Å². The van der Waals surface area contributed by atoms with Gasteiger partial charge < -0.3 is 24.7 Å². The van der Waals surface area contributed by atoms with E-state index < -0.39 is 22.7 Å². The lowest BCUT2D eigenvalue weighted by Crippen LogP contribution is -2.40. The summed E-state index contributed by atoms with van der Waals surface area (Å²) in [4.78, 5) is 26.4. The van der Waals surface area contributed by atoms with Gasteiger partial charge in [-0.25, -0.2) is 4.79 Å². The number of aliphatic hydroxyl groups excluding tert-OH is 1. The summed E-state index contributed by atoms with van der Waals surface area (Å²) < 4.78 is 10.5. The van der Waals surface area contributed by atoms with Gasteiger partial charge in [-0.15, -0.1) is 0 Å². The van der Waals surface area contributed by atoms with E-state index in [-0.39, 0.29) is 25.5 Å². The van der Waals surface area contributed by atoms with Crippen LogP contribution in [0.2, 0.25) is 0 Å². The van der Waals surface area contributed by atoms with E-state index in [0.717, 1.165) is 6.42 Å². The summed E-state index contributed by atoms with van der Waals surface area (Å²) in [5.74, 6) is -1.44. The number of H-pyrrole nitrogens is 1. The molecule has 0 radical (unpaired) electrons. The third-order valence-corrected chi connectivity index (χ3v) is 3.61. The molecular weight excluding hydrogens is 278 g/mol. The number of pyridine rings is 1. The molecule has 1 aliphatic carbocycles. The van der Waals surface area contributed by atoms with Crippen molar-refractivity contribution in [2.75, 3.05) is 19.8 Å². The van der Waals surface area contributed by atoms with Crippen LogP contribution in [0.25, 0.3) is 0 Å². The van der Waals surface area contributed by atoms with E-state index in [2.05, 4.69) is 4.98 Å². The van der Waals surface area contributed by atoms with Crippen molar-refractivity contribution < 1.29 is 24.5 Å². The highest BCUT2D eigenvalue weighted by atomic mass is 16.5. The van der Waals surface area contributed by atoms with E-state index in [9.17, 15) is 14.7 Å². The van der Waals surface area contributed by atoms with Gasteiger partial charge in [-0.05, 0) is 26.2 Å². The Balaban J connectivity index is 2.40. The summed E-state index contributed by atoms with van der Waals surface area (Å²) in [5.41, 5.74) is -1.21. The Bertz CT molecular complexity index is 575. The first kappa shape index (κ1) is 15.5. The van der Waals surface area contributed by atoms with E-state index in [0.29, 0.717) is 18.5 Å². The van der Waals surface area contributed by atoms with Gasteiger partial charge in [0, 0.05) is 6.07 Å². The van der Waals surface area contributed by atoms with Crippen LogP contribution in [0, 0.1) is 0 Å². The quantitative estimate of drug-likeness (QED) is 0.665. The molecule has 1 heterocycles. The molecule has 1 saturated carbocycles. The fraction of sp³-hybridized carbons (Fsp3) is 0.571. The summed E-state index contributed by atoms with van der Waals surface area (Å²) in [6, 6.07) is 1.23. The number of carbonyl (C=O) groups excluding carboxylic acids is 1. The third-order valence-electron chi connectivity index (χ3n) is 3.61. The molecule has 0 spiro atoms. The molecule has 0 saturated heterocycles. The number of aromatic nitrogens is 1. The summed E-state index contributed by atoms with van der Waals surface area (Å²) >= 11 is 0. The minimum absolute atomic E-state index is 0.130. The Morgan fingerprint density at radius 1 is 1.48 bits per heavy atom. The molecule has 0 atom stereocenters. The largest absolute Gasteiger partial charge is 0.502 e. The third kappa shape index (κ3) is 2.93. The maximum atomic E-state index is 11.8. The van der Waals surface area contributed by atoms with Gasteiger partial charge in [0.1, 0.15) is 5.60 Å². The number of aliphatic hydroxyl groups is 1. The van der Waals surface area contributed by atoms with E-state index in [1.165, 1.54) is 6.07 Å². The van der Waals surface area contributed by atoms with Crippen LogP contribution in [0.3, 0.4) is 0 Å². The van der Waals surface area contributed by atoms with Gasteiger partial charge in [-0.1, -0.05) is 0 Å². The maximum absolute atomic E-state index is 11.8. The van der Waals surface area contributed by atoms with Gasteiger partial charge in [0.15, 0.2) is 11.4 Å². The second-order valence-electron chi connectivity index (χ2n) is 4.91. The molecule has 0 aromatic carbocycles. The van der Waals surface area contributed by atoms with E-state index in [1.807, 2.05) is 0 Å². The number of aromatic amines is 1. The lowest BCUT2D eigenvalue weighted by atomic mass is 9.77. The van der Waals surface area contributed by atoms with Crippen molar-refractivity contribution in [3.8, 4) is 5.75 Å². The molecule has 1 fully saturated rings. The predicted molar refractivity (Wildman–Crippen MR) is 73.3 cm³/mol. The van der Waals surface area contributed by atoms with Gasteiger partial charge in [-0.3, -0.25) is 4.79 Å². The summed E-state index contributed by atoms with van der Waals surface area (Å²) in [6.45, 7) is 1.78. The molecule has 0 bridgehead atoms. The molecule has 7 nitrogen and oxygen atoms in total. The van der Waals surface area contributed by atoms with Gasteiger partial charge in [-0.2, -0.15) is 0 Å². The number of esters is 1. The number of hydrogen-bond donors (Lipinski definition) is 3. The van der Waals surface area contributed by atoms with Crippen LogP contribution in [-0.2, 0) is 15.1 Å². The Morgan fingerprint density at radius 3 is 2.71 bits per heavy atom. The number of nitrogens with one attached hydrogen (secondary N) is 1. The van der Waals surface area contributed by atoms with Gasteiger partial charge in [0.05, 0.1) is 25.5 Å². The fourth-order valence-corrected chi connectivity index (χ4v) is 2.38. The van der Waals surface area contributed by atoms with Crippen molar-refractivity contribution >= 4 is 5.97 Å². The van der Waals surface area contributed by atoms with Crippen LogP contribution < -0.4 is 5.43 Å². The second kappa shape index (κ2) is 6.28. The lowest BCUT2D eigenvalue weighted by Gasteiger charge is -2.41. The summed E-state index contributed by atoms with van der Waals surface area (Å²) in [7, 11) is 0. The number of rotatable bonds is 6. The molecular formula is C14H19NO6. The summed E-state index contributed by atoms with van der Waals surface area (Å²) in [6.07, 6.45) is 2.27.